The summed E-state index contributed by atoms with van der Waals surface area (Å²) in [5.74, 6) is -0.226. The van der Waals surface area contributed by atoms with Gasteiger partial charge in [0.1, 0.15) is 5.82 Å². The van der Waals surface area contributed by atoms with Crippen LogP contribution in [0.25, 0.3) is 0 Å². The minimum Gasteiger partial charge on any atom is -0.354 e. The number of rotatable bonds is 2. The Hall–Kier alpha value is -0.940. The smallest absolute Gasteiger partial charge is 0.234 e. The van der Waals surface area contributed by atoms with Gasteiger partial charge in [-0.1, -0.05) is 15.9 Å². The summed E-state index contributed by atoms with van der Waals surface area (Å²) in [6.07, 6.45) is 0. The fourth-order valence-corrected chi connectivity index (χ4v) is 2.14. The first-order valence-electron chi connectivity index (χ1n) is 5.08. The van der Waals surface area contributed by atoms with Gasteiger partial charge < -0.3 is 5.32 Å². The van der Waals surface area contributed by atoms with Crippen LogP contribution in [0.4, 0.5) is 4.39 Å². The normalized spacial score (nSPS) is 17.2. The van der Waals surface area contributed by atoms with Crippen molar-refractivity contribution in [2.24, 2.45) is 0 Å². The van der Waals surface area contributed by atoms with Crippen LogP contribution in [0.15, 0.2) is 22.7 Å². The quantitative estimate of drug-likeness (QED) is 0.894. The summed E-state index contributed by atoms with van der Waals surface area (Å²) >= 11 is 3.31. The first-order chi connectivity index (χ1) is 7.65. The molecule has 1 fully saturated rings. The van der Waals surface area contributed by atoms with Gasteiger partial charge >= 0.3 is 0 Å². The lowest BCUT2D eigenvalue weighted by atomic mass is 10.2. The van der Waals surface area contributed by atoms with E-state index in [0.717, 1.165) is 11.0 Å². The third-order valence-corrected chi connectivity index (χ3v) is 3.01. The fraction of sp³-hybridized carbons (Fsp3) is 0.364. The molecule has 16 heavy (non-hydrogen) atoms. The average Bonchev–Trinajstić information content (AvgIpc) is 2.24. The fourth-order valence-electron chi connectivity index (χ4n) is 1.73. The van der Waals surface area contributed by atoms with E-state index in [1.807, 2.05) is 4.90 Å². The maximum atomic E-state index is 13.5. The van der Waals surface area contributed by atoms with Crippen molar-refractivity contribution in [3.05, 3.63) is 34.1 Å². The molecule has 1 aromatic rings. The van der Waals surface area contributed by atoms with Crippen LogP contribution in [0.3, 0.4) is 0 Å². The van der Waals surface area contributed by atoms with E-state index >= 15 is 0 Å². The standard InChI is InChI=1S/C11H12BrFN2O/c12-9-1-2-10(13)8(5-9)6-15-4-3-14-11(16)7-15/h1-2,5H,3-4,6-7H2,(H,14,16). The number of piperazine rings is 1. The van der Waals surface area contributed by atoms with E-state index in [1.165, 1.54) is 6.07 Å². The molecule has 5 heteroatoms. The molecule has 0 bridgehead atoms. The Balaban J connectivity index is 2.08. The predicted molar refractivity (Wildman–Crippen MR) is 62.4 cm³/mol. The lowest BCUT2D eigenvalue weighted by molar-refractivity contribution is -0.124. The molecule has 1 saturated heterocycles. The predicted octanol–water partition coefficient (Wildman–Crippen LogP) is 1.52. The molecular formula is C11H12BrFN2O. The second kappa shape index (κ2) is 4.93. The van der Waals surface area contributed by atoms with Crippen molar-refractivity contribution in [3.8, 4) is 0 Å². The highest BCUT2D eigenvalue weighted by atomic mass is 79.9. The minimum atomic E-state index is -0.228. The van der Waals surface area contributed by atoms with Crippen molar-refractivity contribution in [2.75, 3.05) is 19.6 Å². The highest BCUT2D eigenvalue weighted by molar-refractivity contribution is 9.10. The van der Waals surface area contributed by atoms with E-state index in [4.69, 9.17) is 0 Å². The van der Waals surface area contributed by atoms with Crippen molar-refractivity contribution in [1.29, 1.82) is 0 Å². The number of carbonyl (C=O) groups is 1. The van der Waals surface area contributed by atoms with E-state index in [2.05, 4.69) is 21.2 Å². The topological polar surface area (TPSA) is 32.3 Å². The van der Waals surface area contributed by atoms with Crippen LogP contribution < -0.4 is 5.32 Å². The maximum absolute atomic E-state index is 13.5. The Morgan fingerprint density at radius 1 is 1.50 bits per heavy atom. The molecule has 1 aromatic carbocycles. The second-order valence-corrected chi connectivity index (χ2v) is 4.71. The van der Waals surface area contributed by atoms with Crippen LogP contribution in [0, 0.1) is 5.82 Å². The maximum Gasteiger partial charge on any atom is 0.234 e. The van der Waals surface area contributed by atoms with Gasteiger partial charge in [0.15, 0.2) is 0 Å². The Labute approximate surface area is 102 Å². The zero-order valence-corrected chi connectivity index (χ0v) is 10.3. The van der Waals surface area contributed by atoms with Crippen LogP contribution in [0.1, 0.15) is 5.56 Å². The summed E-state index contributed by atoms with van der Waals surface area (Å²) in [5, 5.41) is 2.74. The third-order valence-electron chi connectivity index (χ3n) is 2.52. The molecule has 0 atom stereocenters. The molecule has 0 unspecified atom stereocenters. The highest BCUT2D eigenvalue weighted by Gasteiger charge is 2.17. The number of nitrogens with zero attached hydrogens (tertiary/aromatic N) is 1. The third kappa shape index (κ3) is 2.80. The highest BCUT2D eigenvalue weighted by Crippen LogP contribution is 2.17. The van der Waals surface area contributed by atoms with Crippen molar-refractivity contribution >= 4 is 21.8 Å². The van der Waals surface area contributed by atoms with E-state index < -0.39 is 0 Å². The molecule has 0 spiro atoms. The molecule has 1 aliphatic rings. The van der Waals surface area contributed by atoms with Crippen molar-refractivity contribution in [1.82, 2.24) is 10.2 Å². The van der Waals surface area contributed by atoms with Crippen molar-refractivity contribution in [3.63, 3.8) is 0 Å². The van der Waals surface area contributed by atoms with E-state index in [9.17, 15) is 9.18 Å². The number of benzene rings is 1. The van der Waals surface area contributed by atoms with E-state index in [0.29, 0.717) is 25.2 Å². The van der Waals surface area contributed by atoms with Gasteiger partial charge in [-0.3, -0.25) is 9.69 Å². The van der Waals surface area contributed by atoms with Gasteiger partial charge in [0.05, 0.1) is 6.54 Å². The summed E-state index contributed by atoms with van der Waals surface area (Å²) in [5.41, 5.74) is 0.615. The number of hydrogen-bond donors (Lipinski definition) is 1. The van der Waals surface area contributed by atoms with Gasteiger partial charge in [0, 0.05) is 29.7 Å². The molecule has 1 heterocycles. The van der Waals surface area contributed by atoms with Gasteiger partial charge in [0.25, 0.3) is 0 Å². The lowest BCUT2D eigenvalue weighted by Crippen LogP contribution is -2.47. The average molecular weight is 287 g/mol. The Kier molecular flexibility index (Phi) is 3.56. The zero-order valence-electron chi connectivity index (χ0n) is 8.67. The van der Waals surface area contributed by atoms with Crippen molar-refractivity contribution < 1.29 is 9.18 Å². The van der Waals surface area contributed by atoms with Crippen LogP contribution >= 0.6 is 15.9 Å². The minimum absolute atomic E-state index is 0.00153. The zero-order chi connectivity index (χ0) is 11.5. The molecule has 1 N–H and O–H groups in total. The van der Waals surface area contributed by atoms with Gasteiger partial charge in [-0.25, -0.2) is 4.39 Å². The molecule has 86 valence electrons. The SMILES string of the molecule is O=C1CN(Cc2cc(Br)ccc2F)CCN1. The molecule has 0 aliphatic carbocycles. The number of nitrogens with one attached hydrogen (secondary N) is 1. The molecule has 3 nitrogen and oxygen atoms in total. The molecular weight excluding hydrogens is 275 g/mol. The molecule has 1 amide bonds. The Morgan fingerprint density at radius 2 is 2.31 bits per heavy atom. The number of amides is 1. The van der Waals surface area contributed by atoms with Crippen LogP contribution in [0.5, 0.6) is 0 Å². The summed E-state index contributed by atoms with van der Waals surface area (Å²) in [6, 6.07) is 4.85. The summed E-state index contributed by atoms with van der Waals surface area (Å²) in [4.78, 5) is 13.1. The molecule has 0 aromatic heterocycles. The Bertz CT molecular complexity index is 411. The Morgan fingerprint density at radius 3 is 3.06 bits per heavy atom. The summed E-state index contributed by atoms with van der Waals surface area (Å²) in [7, 11) is 0. The summed E-state index contributed by atoms with van der Waals surface area (Å²) in [6.45, 7) is 2.21. The molecule has 0 saturated carbocycles. The number of halogens is 2. The lowest BCUT2D eigenvalue weighted by Gasteiger charge is -2.26. The van der Waals surface area contributed by atoms with E-state index in [-0.39, 0.29) is 11.7 Å². The monoisotopic (exact) mass is 286 g/mol. The van der Waals surface area contributed by atoms with Gasteiger partial charge in [-0.15, -0.1) is 0 Å². The van der Waals surface area contributed by atoms with Crippen LogP contribution in [0.2, 0.25) is 0 Å². The van der Waals surface area contributed by atoms with Gasteiger partial charge in [0.2, 0.25) is 5.91 Å². The number of carbonyl (C=O) groups excluding carboxylic acids is 1. The molecule has 0 radical (unpaired) electrons. The van der Waals surface area contributed by atoms with Crippen LogP contribution in [-0.2, 0) is 11.3 Å². The first-order valence-corrected chi connectivity index (χ1v) is 5.87. The largest absolute Gasteiger partial charge is 0.354 e. The van der Waals surface area contributed by atoms with E-state index in [1.54, 1.807) is 12.1 Å². The van der Waals surface area contributed by atoms with Crippen LogP contribution in [-0.4, -0.2) is 30.4 Å². The first kappa shape index (κ1) is 11.5. The second-order valence-electron chi connectivity index (χ2n) is 3.80. The van der Waals surface area contributed by atoms with Gasteiger partial charge in [-0.05, 0) is 18.2 Å². The van der Waals surface area contributed by atoms with Crippen molar-refractivity contribution in [2.45, 2.75) is 6.54 Å². The molecule has 2 rings (SSSR count). The van der Waals surface area contributed by atoms with Gasteiger partial charge in [-0.2, -0.15) is 0 Å². The number of hydrogen-bond acceptors (Lipinski definition) is 2. The molecule has 1 aliphatic heterocycles. The summed E-state index contributed by atoms with van der Waals surface area (Å²) < 4.78 is 14.3.